The van der Waals surface area contributed by atoms with E-state index in [2.05, 4.69) is 10.6 Å². The van der Waals surface area contributed by atoms with Gasteiger partial charge < -0.3 is 15.7 Å². The fraction of sp³-hybridized carbons (Fsp3) is 0.0769. The van der Waals surface area contributed by atoms with Crippen molar-refractivity contribution in [1.82, 2.24) is 5.32 Å². The molecule has 0 fully saturated rings. The number of carboxylic acids is 1. The quantitative estimate of drug-likeness (QED) is 0.809. The predicted octanol–water partition coefficient (Wildman–Crippen LogP) is 3.42. The van der Waals surface area contributed by atoms with Crippen LogP contribution in [-0.4, -0.2) is 17.1 Å². The number of urea groups is 1. The number of carbonyl (C=O) groups is 2. The minimum atomic E-state index is -1.15. The highest BCUT2D eigenvalue weighted by Crippen LogP contribution is 2.20. The molecule has 20 heavy (non-hydrogen) atoms. The first kappa shape index (κ1) is 14.4. The lowest BCUT2D eigenvalue weighted by Gasteiger charge is -2.09. The Morgan fingerprint density at radius 2 is 2.10 bits per heavy atom. The van der Waals surface area contributed by atoms with E-state index in [-0.39, 0.29) is 11.3 Å². The number of nitrogens with one attached hydrogen (secondary N) is 2. The predicted molar refractivity (Wildman–Crippen MR) is 78.6 cm³/mol. The summed E-state index contributed by atoms with van der Waals surface area (Å²) in [6.07, 6.45) is 0. The lowest BCUT2D eigenvalue weighted by atomic mass is 10.2. The van der Waals surface area contributed by atoms with Crippen LogP contribution in [0, 0.1) is 0 Å². The lowest BCUT2D eigenvalue weighted by molar-refractivity contribution is 0.0698. The van der Waals surface area contributed by atoms with Gasteiger partial charge in [0.25, 0.3) is 0 Å². The number of anilines is 1. The smallest absolute Gasteiger partial charge is 0.337 e. The highest BCUT2D eigenvalue weighted by atomic mass is 35.5. The molecule has 2 aromatic rings. The number of carbonyl (C=O) groups excluding carboxylic acids is 1. The molecule has 0 unspecified atom stereocenters. The molecule has 0 bridgehead atoms. The van der Waals surface area contributed by atoms with Gasteiger partial charge in [0.1, 0.15) is 0 Å². The number of thiophene rings is 1. The summed E-state index contributed by atoms with van der Waals surface area (Å²) in [5.74, 6) is -1.15. The molecule has 1 aromatic carbocycles. The topological polar surface area (TPSA) is 78.4 Å². The van der Waals surface area contributed by atoms with Crippen molar-refractivity contribution in [1.29, 1.82) is 0 Å². The van der Waals surface area contributed by atoms with Gasteiger partial charge >= 0.3 is 12.0 Å². The van der Waals surface area contributed by atoms with E-state index < -0.39 is 12.0 Å². The molecule has 2 amide bonds. The Bertz CT molecular complexity index is 629. The first-order chi connectivity index (χ1) is 9.56. The summed E-state index contributed by atoms with van der Waals surface area (Å²) in [7, 11) is 0. The van der Waals surface area contributed by atoms with Gasteiger partial charge in [-0.05, 0) is 40.6 Å². The van der Waals surface area contributed by atoms with Gasteiger partial charge in [-0.1, -0.05) is 11.6 Å². The molecule has 0 saturated heterocycles. The number of halogens is 1. The van der Waals surface area contributed by atoms with Crippen LogP contribution in [0.2, 0.25) is 5.02 Å². The zero-order valence-electron chi connectivity index (χ0n) is 10.2. The Kier molecular flexibility index (Phi) is 4.60. The summed E-state index contributed by atoms with van der Waals surface area (Å²) in [6.45, 7) is 0.380. The second-order valence-corrected chi connectivity index (χ2v) is 5.15. The first-order valence-corrected chi connectivity index (χ1v) is 6.97. The van der Waals surface area contributed by atoms with Crippen molar-refractivity contribution in [2.24, 2.45) is 0 Å². The Hall–Kier alpha value is -2.05. The molecule has 0 saturated carbocycles. The molecular formula is C13H11ClN2O3S. The lowest BCUT2D eigenvalue weighted by Crippen LogP contribution is -2.28. The largest absolute Gasteiger partial charge is 0.478 e. The molecule has 2 rings (SSSR count). The minimum Gasteiger partial charge on any atom is -0.478 e. The summed E-state index contributed by atoms with van der Waals surface area (Å²) in [6, 6.07) is 5.69. The molecule has 0 radical (unpaired) electrons. The Balaban J connectivity index is 2.02. The van der Waals surface area contributed by atoms with Gasteiger partial charge in [0.2, 0.25) is 0 Å². The minimum absolute atomic E-state index is 0.0526. The van der Waals surface area contributed by atoms with E-state index in [4.69, 9.17) is 16.7 Å². The SMILES string of the molecule is O=C(NCc1ccsc1)Nc1ccc(Cl)cc1C(=O)O. The highest BCUT2D eigenvalue weighted by Gasteiger charge is 2.12. The van der Waals surface area contributed by atoms with E-state index >= 15 is 0 Å². The van der Waals surface area contributed by atoms with Crippen molar-refractivity contribution in [2.75, 3.05) is 5.32 Å². The highest BCUT2D eigenvalue weighted by molar-refractivity contribution is 7.07. The number of amides is 2. The van der Waals surface area contributed by atoms with E-state index in [1.165, 1.54) is 29.5 Å². The third-order valence-electron chi connectivity index (χ3n) is 2.49. The molecule has 0 spiro atoms. The molecule has 3 N–H and O–H groups in total. The first-order valence-electron chi connectivity index (χ1n) is 5.65. The Morgan fingerprint density at radius 1 is 1.30 bits per heavy atom. The molecule has 1 heterocycles. The van der Waals surface area contributed by atoms with Crippen LogP contribution in [-0.2, 0) is 6.54 Å². The zero-order valence-corrected chi connectivity index (χ0v) is 11.8. The van der Waals surface area contributed by atoms with Crippen LogP contribution >= 0.6 is 22.9 Å². The van der Waals surface area contributed by atoms with Crippen molar-refractivity contribution in [3.8, 4) is 0 Å². The van der Waals surface area contributed by atoms with Gasteiger partial charge in [0.05, 0.1) is 11.3 Å². The van der Waals surface area contributed by atoms with Crippen molar-refractivity contribution in [3.05, 3.63) is 51.2 Å². The average molecular weight is 311 g/mol. The van der Waals surface area contributed by atoms with Crippen molar-refractivity contribution >= 4 is 40.6 Å². The fourth-order valence-electron chi connectivity index (χ4n) is 1.54. The van der Waals surface area contributed by atoms with Crippen LogP contribution < -0.4 is 10.6 Å². The molecule has 5 nitrogen and oxygen atoms in total. The van der Waals surface area contributed by atoms with Gasteiger partial charge in [-0.3, -0.25) is 0 Å². The van der Waals surface area contributed by atoms with Gasteiger partial charge in [-0.15, -0.1) is 0 Å². The van der Waals surface area contributed by atoms with E-state index in [0.717, 1.165) is 5.56 Å². The summed E-state index contributed by atoms with van der Waals surface area (Å²) in [5, 5.41) is 18.3. The van der Waals surface area contributed by atoms with Crippen LogP contribution in [0.25, 0.3) is 0 Å². The second-order valence-electron chi connectivity index (χ2n) is 3.93. The van der Waals surface area contributed by atoms with Crippen LogP contribution in [0.1, 0.15) is 15.9 Å². The van der Waals surface area contributed by atoms with Gasteiger partial charge in [0, 0.05) is 11.6 Å². The van der Waals surface area contributed by atoms with Gasteiger partial charge in [0.15, 0.2) is 0 Å². The van der Waals surface area contributed by atoms with Crippen molar-refractivity contribution < 1.29 is 14.7 Å². The Labute approximate surface area is 124 Å². The Morgan fingerprint density at radius 3 is 2.75 bits per heavy atom. The number of hydrogen-bond donors (Lipinski definition) is 3. The van der Waals surface area contributed by atoms with E-state index in [9.17, 15) is 9.59 Å². The molecule has 0 aliphatic carbocycles. The normalized spacial score (nSPS) is 10.1. The number of rotatable bonds is 4. The number of aromatic carboxylic acids is 1. The number of hydrogen-bond acceptors (Lipinski definition) is 3. The molecule has 104 valence electrons. The van der Waals surface area contributed by atoms with Crippen molar-refractivity contribution in [2.45, 2.75) is 6.54 Å². The summed E-state index contributed by atoms with van der Waals surface area (Å²) >= 11 is 7.27. The molecule has 1 aromatic heterocycles. The van der Waals surface area contributed by atoms with Crippen LogP contribution in [0.3, 0.4) is 0 Å². The molecule has 0 atom stereocenters. The number of benzene rings is 1. The third-order valence-corrected chi connectivity index (χ3v) is 3.46. The van der Waals surface area contributed by atoms with Crippen LogP contribution in [0.15, 0.2) is 35.0 Å². The van der Waals surface area contributed by atoms with Crippen molar-refractivity contribution in [3.63, 3.8) is 0 Å². The summed E-state index contributed by atoms with van der Waals surface area (Å²) in [5.41, 5.74) is 1.13. The molecule has 7 heteroatoms. The van der Waals surface area contributed by atoms with Crippen LogP contribution in [0.4, 0.5) is 10.5 Å². The third kappa shape index (κ3) is 3.72. The summed E-state index contributed by atoms with van der Waals surface area (Å²) in [4.78, 5) is 22.8. The van der Waals surface area contributed by atoms with Gasteiger partial charge in [-0.2, -0.15) is 11.3 Å². The van der Waals surface area contributed by atoms with E-state index in [0.29, 0.717) is 11.6 Å². The van der Waals surface area contributed by atoms with Gasteiger partial charge in [-0.25, -0.2) is 9.59 Å². The molecule has 0 aliphatic rings. The van der Waals surface area contributed by atoms with E-state index in [1.54, 1.807) is 0 Å². The summed E-state index contributed by atoms with van der Waals surface area (Å²) < 4.78 is 0. The number of carboxylic acid groups (broad SMARTS) is 1. The maximum atomic E-state index is 11.7. The monoisotopic (exact) mass is 310 g/mol. The maximum Gasteiger partial charge on any atom is 0.337 e. The second kappa shape index (κ2) is 6.40. The maximum absolute atomic E-state index is 11.7. The fourth-order valence-corrected chi connectivity index (χ4v) is 2.39. The standard InChI is InChI=1S/C13H11ClN2O3S/c14-9-1-2-11(10(5-9)12(17)18)16-13(19)15-6-8-3-4-20-7-8/h1-5,7H,6H2,(H,17,18)(H2,15,16,19). The van der Waals surface area contributed by atoms with Crippen LogP contribution in [0.5, 0.6) is 0 Å². The average Bonchev–Trinajstić information content (AvgIpc) is 2.91. The molecular weight excluding hydrogens is 300 g/mol. The zero-order chi connectivity index (χ0) is 14.5. The van der Waals surface area contributed by atoms with E-state index in [1.807, 2.05) is 16.8 Å². The molecule has 0 aliphatic heterocycles.